The van der Waals surface area contributed by atoms with Gasteiger partial charge in [-0.15, -0.1) is 0 Å². The minimum Gasteiger partial charge on any atom is -0.494 e. The van der Waals surface area contributed by atoms with Gasteiger partial charge in [-0.1, -0.05) is 43.7 Å². The third-order valence-corrected chi connectivity index (χ3v) is 3.77. The Balaban J connectivity index is 2.03. The van der Waals surface area contributed by atoms with Gasteiger partial charge < -0.3 is 15.4 Å². The van der Waals surface area contributed by atoms with Crippen LogP contribution in [-0.2, 0) is 6.54 Å². The van der Waals surface area contributed by atoms with E-state index in [1.54, 1.807) is 4.90 Å². The summed E-state index contributed by atoms with van der Waals surface area (Å²) in [6.45, 7) is 4.37. The molecule has 128 valence electrons. The standard InChI is InChI=1S/C20H26N2O2/c1-2-3-15-24-19-11-9-18(10-12-19)20(23)22(14-13-21)16-17-7-5-4-6-8-17/h4-12H,2-3,13-16,21H2,1H3. The van der Waals surface area contributed by atoms with Crippen LogP contribution in [0.2, 0.25) is 0 Å². The molecule has 0 saturated heterocycles. The van der Waals surface area contributed by atoms with Crippen molar-refractivity contribution in [2.45, 2.75) is 26.3 Å². The second-order valence-electron chi connectivity index (χ2n) is 5.73. The van der Waals surface area contributed by atoms with Crippen molar-refractivity contribution in [1.29, 1.82) is 0 Å². The summed E-state index contributed by atoms with van der Waals surface area (Å²) in [6.07, 6.45) is 2.13. The lowest BCUT2D eigenvalue weighted by molar-refractivity contribution is 0.0748. The van der Waals surface area contributed by atoms with E-state index in [1.165, 1.54) is 0 Å². The Kier molecular flexibility index (Phi) is 7.30. The first-order chi connectivity index (χ1) is 11.7. The number of benzene rings is 2. The third-order valence-electron chi connectivity index (χ3n) is 3.77. The van der Waals surface area contributed by atoms with Crippen molar-refractivity contribution in [2.75, 3.05) is 19.7 Å². The van der Waals surface area contributed by atoms with Crippen molar-refractivity contribution in [3.8, 4) is 5.75 Å². The van der Waals surface area contributed by atoms with Gasteiger partial charge in [-0.25, -0.2) is 0 Å². The second-order valence-corrected chi connectivity index (χ2v) is 5.73. The van der Waals surface area contributed by atoms with Crippen LogP contribution in [0.3, 0.4) is 0 Å². The van der Waals surface area contributed by atoms with Crippen molar-refractivity contribution in [3.05, 3.63) is 65.7 Å². The van der Waals surface area contributed by atoms with Crippen LogP contribution in [0.15, 0.2) is 54.6 Å². The van der Waals surface area contributed by atoms with E-state index in [0.29, 0.717) is 31.8 Å². The fraction of sp³-hybridized carbons (Fsp3) is 0.350. The zero-order valence-electron chi connectivity index (χ0n) is 14.3. The monoisotopic (exact) mass is 326 g/mol. The van der Waals surface area contributed by atoms with Crippen molar-refractivity contribution >= 4 is 5.91 Å². The highest BCUT2D eigenvalue weighted by Gasteiger charge is 2.15. The highest BCUT2D eigenvalue weighted by molar-refractivity contribution is 5.94. The average molecular weight is 326 g/mol. The number of hydrogen-bond acceptors (Lipinski definition) is 3. The minimum absolute atomic E-state index is 0.00980. The summed E-state index contributed by atoms with van der Waals surface area (Å²) in [4.78, 5) is 14.5. The SMILES string of the molecule is CCCCOc1ccc(C(=O)N(CCN)Cc2ccccc2)cc1. The Morgan fingerprint density at radius 2 is 1.79 bits per heavy atom. The normalized spacial score (nSPS) is 10.4. The van der Waals surface area contributed by atoms with Gasteiger partial charge in [0, 0.05) is 25.2 Å². The molecule has 0 heterocycles. The van der Waals surface area contributed by atoms with E-state index in [4.69, 9.17) is 10.5 Å². The van der Waals surface area contributed by atoms with Crippen LogP contribution in [0.5, 0.6) is 5.75 Å². The fourth-order valence-corrected chi connectivity index (χ4v) is 2.42. The molecule has 24 heavy (non-hydrogen) atoms. The molecule has 0 unspecified atom stereocenters. The van der Waals surface area contributed by atoms with Crippen LogP contribution in [-0.4, -0.2) is 30.5 Å². The van der Waals surface area contributed by atoms with Crippen LogP contribution < -0.4 is 10.5 Å². The fourth-order valence-electron chi connectivity index (χ4n) is 2.42. The number of nitrogens with zero attached hydrogens (tertiary/aromatic N) is 1. The molecule has 2 N–H and O–H groups in total. The topological polar surface area (TPSA) is 55.6 Å². The molecule has 2 aromatic rings. The summed E-state index contributed by atoms with van der Waals surface area (Å²) in [5, 5.41) is 0. The summed E-state index contributed by atoms with van der Waals surface area (Å²) in [5.41, 5.74) is 7.43. The number of unbranched alkanes of at least 4 members (excludes halogenated alkanes) is 1. The van der Waals surface area contributed by atoms with Gasteiger partial charge in [-0.2, -0.15) is 0 Å². The largest absolute Gasteiger partial charge is 0.494 e. The quantitative estimate of drug-likeness (QED) is 0.718. The summed E-state index contributed by atoms with van der Waals surface area (Å²) in [7, 11) is 0. The van der Waals surface area contributed by atoms with Gasteiger partial charge in [0.25, 0.3) is 5.91 Å². The number of carbonyl (C=O) groups is 1. The molecule has 0 radical (unpaired) electrons. The van der Waals surface area contributed by atoms with Gasteiger partial charge >= 0.3 is 0 Å². The first-order valence-corrected chi connectivity index (χ1v) is 8.50. The molecule has 0 spiro atoms. The molecule has 0 atom stereocenters. The van der Waals surface area contributed by atoms with Crippen LogP contribution in [0, 0.1) is 0 Å². The van der Waals surface area contributed by atoms with E-state index in [9.17, 15) is 4.79 Å². The maximum atomic E-state index is 12.7. The third kappa shape index (κ3) is 5.39. The van der Waals surface area contributed by atoms with E-state index in [-0.39, 0.29) is 5.91 Å². The molecule has 0 aliphatic rings. The van der Waals surface area contributed by atoms with Crippen LogP contribution in [0.4, 0.5) is 0 Å². The molecule has 0 aromatic heterocycles. The highest BCUT2D eigenvalue weighted by Crippen LogP contribution is 2.15. The molecule has 4 nitrogen and oxygen atoms in total. The maximum Gasteiger partial charge on any atom is 0.254 e. The van der Waals surface area contributed by atoms with Crippen LogP contribution in [0.1, 0.15) is 35.7 Å². The minimum atomic E-state index is -0.00980. The zero-order valence-corrected chi connectivity index (χ0v) is 14.3. The van der Waals surface area contributed by atoms with Gasteiger partial charge in [-0.05, 0) is 36.2 Å². The molecule has 4 heteroatoms. The van der Waals surface area contributed by atoms with E-state index < -0.39 is 0 Å². The van der Waals surface area contributed by atoms with Crippen molar-refractivity contribution < 1.29 is 9.53 Å². The van der Waals surface area contributed by atoms with Crippen molar-refractivity contribution in [3.63, 3.8) is 0 Å². The van der Waals surface area contributed by atoms with Gasteiger partial charge in [0.2, 0.25) is 0 Å². The molecule has 0 fully saturated rings. The Hall–Kier alpha value is -2.33. The number of carbonyl (C=O) groups excluding carboxylic acids is 1. The van der Waals surface area contributed by atoms with Gasteiger partial charge in [0.15, 0.2) is 0 Å². The van der Waals surface area contributed by atoms with Crippen molar-refractivity contribution in [1.82, 2.24) is 4.90 Å². The maximum absolute atomic E-state index is 12.7. The summed E-state index contributed by atoms with van der Waals surface area (Å²) in [5.74, 6) is 0.790. The summed E-state index contributed by atoms with van der Waals surface area (Å²) < 4.78 is 5.64. The molecule has 0 aliphatic heterocycles. The average Bonchev–Trinajstić information content (AvgIpc) is 2.62. The number of amides is 1. The Morgan fingerprint density at radius 1 is 1.08 bits per heavy atom. The number of ether oxygens (including phenoxy) is 1. The molecule has 0 aliphatic carbocycles. The van der Waals surface area contributed by atoms with Crippen LogP contribution >= 0.6 is 0 Å². The lowest BCUT2D eigenvalue weighted by Gasteiger charge is -2.22. The molecule has 0 saturated carbocycles. The van der Waals surface area contributed by atoms with Gasteiger partial charge in [-0.3, -0.25) is 4.79 Å². The van der Waals surface area contributed by atoms with E-state index >= 15 is 0 Å². The summed E-state index contributed by atoms with van der Waals surface area (Å²) >= 11 is 0. The molecule has 2 rings (SSSR count). The second kappa shape index (κ2) is 9.73. The smallest absolute Gasteiger partial charge is 0.254 e. The molecule has 2 aromatic carbocycles. The zero-order chi connectivity index (χ0) is 17.2. The highest BCUT2D eigenvalue weighted by atomic mass is 16.5. The Bertz CT molecular complexity index is 611. The molecular formula is C20H26N2O2. The Labute approximate surface area is 144 Å². The number of hydrogen-bond donors (Lipinski definition) is 1. The summed E-state index contributed by atoms with van der Waals surface area (Å²) in [6, 6.07) is 17.3. The first-order valence-electron chi connectivity index (χ1n) is 8.50. The lowest BCUT2D eigenvalue weighted by atomic mass is 10.1. The molecule has 1 amide bonds. The predicted molar refractivity (Wildman–Crippen MR) is 97.1 cm³/mol. The number of nitrogens with two attached hydrogens (primary N) is 1. The van der Waals surface area contributed by atoms with Crippen molar-refractivity contribution in [2.24, 2.45) is 5.73 Å². The number of rotatable bonds is 9. The van der Waals surface area contributed by atoms with Crippen LogP contribution in [0.25, 0.3) is 0 Å². The van der Waals surface area contributed by atoms with E-state index in [0.717, 1.165) is 24.2 Å². The molecular weight excluding hydrogens is 300 g/mol. The lowest BCUT2D eigenvalue weighted by Crippen LogP contribution is -2.34. The van der Waals surface area contributed by atoms with Gasteiger partial charge in [0.1, 0.15) is 5.75 Å². The predicted octanol–water partition coefficient (Wildman–Crippen LogP) is 3.47. The first kappa shape index (κ1) is 18.0. The van der Waals surface area contributed by atoms with E-state index in [1.807, 2.05) is 54.6 Å². The Morgan fingerprint density at radius 3 is 2.42 bits per heavy atom. The van der Waals surface area contributed by atoms with Gasteiger partial charge in [0.05, 0.1) is 6.61 Å². The van der Waals surface area contributed by atoms with E-state index in [2.05, 4.69) is 6.92 Å². The molecule has 0 bridgehead atoms.